The van der Waals surface area contributed by atoms with E-state index in [1.165, 1.54) is 10.9 Å². The quantitative estimate of drug-likeness (QED) is 0.726. The van der Waals surface area contributed by atoms with Gasteiger partial charge in [-0.1, -0.05) is 60.7 Å². The van der Waals surface area contributed by atoms with Crippen LogP contribution in [0, 0.1) is 0 Å². The first-order valence-corrected chi connectivity index (χ1v) is 7.16. The van der Waals surface area contributed by atoms with Gasteiger partial charge < -0.3 is 4.74 Å². The summed E-state index contributed by atoms with van der Waals surface area (Å²) >= 11 is 0. The monoisotopic (exact) mass is 292 g/mol. The third-order valence-corrected chi connectivity index (χ3v) is 3.33. The molecule has 110 valence electrons. The predicted molar refractivity (Wildman–Crippen MR) is 85.5 cm³/mol. The summed E-state index contributed by atoms with van der Waals surface area (Å²) in [5, 5.41) is 0. The normalized spacial score (nSPS) is 10.4. The average molecular weight is 292 g/mol. The number of benzene rings is 2. The second kappa shape index (κ2) is 6.26. The van der Waals surface area contributed by atoms with Crippen molar-refractivity contribution in [3.8, 4) is 22.5 Å². The van der Waals surface area contributed by atoms with Crippen LogP contribution in [-0.2, 0) is 4.74 Å². The molecule has 4 nitrogen and oxygen atoms in total. The van der Waals surface area contributed by atoms with Crippen molar-refractivity contribution in [1.29, 1.82) is 0 Å². The Kier molecular flexibility index (Phi) is 4.01. The lowest BCUT2D eigenvalue weighted by Gasteiger charge is -2.09. The van der Waals surface area contributed by atoms with Gasteiger partial charge in [-0.05, 0) is 6.92 Å². The van der Waals surface area contributed by atoms with E-state index in [9.17, 15) is 4.79 Å². The minimum Gasteiger partial charge on any atom is -0.449 e. The van der Waals surface area contributed by atoms with Gasteiger partial charge in [0, 0.05) is 11.1 Å². The van der Waals surface area contributed by atoms with E-state index in [4.69, 9.17) is 4.74 Å². The first-order chi connectivity index (χ1) is 10.8. The van der Waals surface area contributed by atoms with Gasteiger partial charge in [-0.3, -0.25) is 0 Å². The molecule has 0 fully saturated rings. The number of nitrogens with zero attached hydrogens (tertiary/aromatic N) is 2. The molecule has 0 saturated heterocycles. The molecule has 2 aromatic carbocycles. The van der Waals surface area contributed by atoms with E-state index < -0.39 is 6.09 Å². The first-order valence-electron chi connectivity index (χ1n) is 7.16. The van der Waals surface area contributed by atoms with Crippen LogP contribution in [0.15, 0.2) is 67.0 Å². The minimum atomic E-state index is -0.420. The number of carbonyl (C=O) groups excluding carboxylic acids is 1. The van der Waals surface area contributed by atoms with E-state index in [2.05, 4.69) is 4.98 Å². The number of hydrogen-bond acceptors (Lipinski definition) is 3. The van der Waals surface area contributed by atoms with Crippen molar-refractivity contribution >= 4 is 6.09 Å². The predicted octanol–water partition coefficient (Wildman–Crippen LogP) is 4.22. The Labute approximate surface area is 129 Å². The molecule has 0 aliphatic rings. The fourth-order valence-corrected chi connectivity index (χ4v) is 2.36. The zero-order chi connectivity index (χ0) is 15.4. The van der Waals surface area contributed by atoms with Crippen molar-refractivity contribution in [1.82, 2.24) is 9.55 Å². The van der Waals surface area contributed by atoms with E-state index in [0.29, 0.717) is 6.61 Å². The van der Waals surface area contributed by atoms with Gasteiger partial charge in [-0.25, -0.2) is 14.3 Å². The summed E-state index contributed by atoms with van der Waals surface area (Å²) in [7, 11) is 0. The maximum absolute atomic E-state index is 12.2. The van der Waals surface area contributed by atoms with Crippen LogP contribution in [0.3, 0.4) is 0 Å². The van der Waals surface area contributed by atoms with Crippen LogP contribution in [-0.4, -0.2) is 22.3 Å². The molecule has 0 N–H and O–H groups in total. The highest BCUT2D eigenvalue weighted by atomic mass is 16.5. The number of carbonyl (C=O) groups is 1. The minimum absolute atomic E-state index is 0.325. The maximum Gasteiger partial charge on any atom is 0.419 e. The molecule has 0 amide bonds. The Bertz CT molecular complexity index is 764. The summed E-state index contributed by atoms with van der Waals surface area (Å²) in [5.41, 5.74) is 3.39. The third kappa shape index (κ3) is 2.63. The van der Waals surface area contributed by atoms with Crippen LogP contribution < -0.4 is 0 Å². The second-order valence-electron chi connectivity index (χ2n) is 4.74. The smallest absolute Gasteiger partial charge is 0.419 e. The number of ether oxygens (including phenoxy) is 1. The van der Waals surface area contributed by atoms with Gasteiger partial charge in [0.05, 0.1) is 18.0 Å². The maximum atomic E-state index is 12.2. The molecule has 0 radical (unpaired) electrons. The molecular weight excluding hydrogens is 276 g/mol. The summed E-state index contributed by atoms with van der Waals surface area (Å²) < 4.78 is 6.58. The van der Waals surface area contributed by atoms with Crippen LogP contribution in [0.1, 0.15) is 6.92 Å². The highest BCUT2D eigenvalue weighted by molar-refractivity contribution is 5.86. The van der Waals surface area contributed by atoms with E-state index in [-0.39, 0.29) is 0 Å². The van der Waals surface area contributed by atoms with Crippen LogP contribution in [0.4, 0.5) is 4.79 Å². The Hall–Kier alpha value is -2.88. The first kappa shape index (κ1) is 14.1. The van der Waals surface area contributed by atoms with Gasteiger partial charge in [0.2, 0.25) is 0 Å². The number of hydrogen-bond donors (Lipinski definition) is 0. The van der Waals surface area contributed by atoms with E-state index >= 15 is 0 Å². The third-order valence-electron chi connectivity index (χ3n) is 3.33. The lowest BCUT2D eigenvalue weighted by molar-refractivity contribution is 0.154. The highest BCUT2D eigenvalue weighted by Crippen LogP contribution is 2.31. The van der Waals surface area contributed by atoms with Crippen molar-refractivity contribution < 1.29 is 9.53 Å². The van der Waals surface area contributed by atoms with Gasteiger partial charge in [-0.15, -0.1) is 0 Å². The molecule has 3 aromatic rings. The van der Waals surface area contributed by atoms with E-state index in [1.54, 1.807) is 6.92 Å². The van der Waals surface area contributed by atoms with Crippen LogP contribution >= 0.6 is 0 Å². The van der Waals surface area contributed by atoms with Gasteiger partial charge >= 0.3 is 6.09 Å². The lowest BCUT2D eigenvalue weighted by atomic mass is 10.0. The molecule has 0 unspecified atom stereocenters. The summed E-state index contributed by atoms with van der Waals surface area (Å²) in [6, 6.07) is 19.5. The SMILES string of the molecule is CCOC(=O)n1cnc(-c2ccccc2)c1-c1ccccc1. The number of imidazole rings is 1. The fourth-order valence-electron chi connectivity index (χ4n) is 2.36. The molecule has 0 spiro atoms. The molecular formula is C18H16N2O2. The van der Waals surface area contributed by atoms with E-state index in [1.807, 2.05) is 60.7 Å². The largest absolute Gasteiger partial charge is 0.449 e. The van der Waals surface area contributed by atoms with Crippen molar-refractivity contribution in [3.63, 3.8) is 0 Å². The summed E-state index contributed by atoms with van der Waals surface area (Å²) in [4.78, 5) is 16.6. The molecule has 0 aliphatic heterocycles. The Morgan fingerprint density at radius 1 is 1.00 bits per heavy atom. The molecule has 0 bridgehead atoms. The molecule has 1 aromatic heterocycles. The topological polar surface area (TPSA) is 44.1 Å². The van der Waals surface area contributed by atoms with Gasteiger partial charge in [0.15, 0.2) is 0 Å². The van der Waals surface area contributed by atoms with Gasteiger partial charge in [0.25, 0.3) is 0 Å². The highest BCUT2D eigenvalue weighted by Gasteiger charge is 2.19. The van der Waals surface area contributed by atoms with E-state index in [0.717, 1.165) is 22.5 Å². The summed E-state index contributed by atoms with van der Waals surface area (Å²) in [6.07, 6.45) is 1.10. The van der Waals surface area contributed by atoms with Crippen molar-refractivity contribution in [2.75, 3.05) is 6.61 Å². The van der Waals surface area contributed by atoms with Crippen LogP contribution in [0.5, 0.6) is 0 Å². The van der Waals surface area contributed by atoms with Crippen LogP contribution in [0.2, 0.25) is 0 Å². The molecule has 1 heterocycles. The lowest BCUT2D eigenvalue weighted by Crippen LogP contribution is -2.13. The standard InChI is InChI=1S/C18H16N2O2/c1-2-22-18(21)20-13-19-16(14-9-5-3-6-10-14)17(20)15-11-7-4-8-12-15/h3-13H,2H2,1H3. The Morgan fingerprint density at radius 2 is 1.59 bits per heavy atom. The molecule has 22 heavy (non-hydrogen) atoms. The zero-order valence-corrected chi connectivity index (χ0v) is 12.3. The molecule has 0 aliphatic carbocycles. The number of rotatable bonds is 3. The molecule has 0 saturated carbocycles. The molecule has 4 heteroatoms. The van der Waals surface area contributed by atoms with Crippen LogP contribution in [0.25, 0.3) is 22.5 Å². The Balaban J connectivity index is 2.18. The van der Waals surface area contributed by atoms with Gasteiger partial charge in [0.1, 0.15) is 6.33 Å². The van der Waals surface area contributed by atoms with Gasteiger partial charge in [-0.2, -0.15) is 0 Å². The Morgan fingerprint density at radius 3 is 2.18 bits per heavy atom. The van der Waals surface area contributed by atoms with Crippen molar-refractivity contribution in [2.24, 2.45) is 0 Å². The zero-order valence-electron chi connectivity index (χ0n) is 12.3. The van der Waals surface area contributed by atoms with Crippen molar-refractivity contribution in [3.05, 3.63) is 67.0 Å². The fraction of sp³-hybridized carbons (Fsp3) is 0.111. The summed E-state index contributed by atoms with van der Waals surface area (Å²) in [6.45, 7) is 2.11. The number of aromatic nitrogens is 2. The summed E-state index contributed by atoms with van der Waals surface area (Å²) in [5.74, 6) is 0. The molecule has 3 rings (SSSR count). The molecule has 0 atom stereocenters. The average Bonchev–Trinajstić information content (AvgIpc) is 3.02. The second-order valence-corrected chi connectivity index (χ2v) is 4.74. The van der Waals surface area contributed by atoms with Crippen molar-refractivity contribution in [2.45, 2.75) is 6.92 Å².